The Morgan fingerprint density at radius 3 is 2.73 bits per heavy atom. The molecule has 1 aliphatic heterocycles. The van der Waals surface area contributed by atoms with Gasteiger partial charge >= 0.3 is 5.97 Å². The van der Waals surface area contributed by atoms with Crippen LogP contribution < -0.4 is 4.74 Å². The molecule has 4 atom stereocenters. The van der Waals surface area contributed by atoms with E-state index in [9.17, 15) is 4.79 Å². The maximum atomic E-state index is 11.2. The molecule has 4 heteroatoms. The van der Waals surface area contributed by atoms with E-state index in [0.717, 1.165) is 26.1 Å². The molecule has 4 aliphatic rings. The minimum absolute atomic E-state index is 0.153. The highest BCUT2D eigenvalue weighted by molar-refractivity contribution is 5.69. The Hall–Kier alpha value is -1.39. The molecular weight excluding hydrogens is 328 g/mol. The Morgan fingerprint density at radius 2 is 1.96 bits per heavy atom. The largest absolute Gasteiger partial charge is 0.427 e. The van der Waals surface area contributed by atoms with Crippen LogP contribution in [-0.4, -0.2) is 25.0 Å². The van der Waals surface area contributed by atoms with Crippen LogP contribution in [0.2, 0.25) is 0 Å². The monoisotopic (exact) mass is 356 g/mol. The summed E-state index contributed by atoms with van der Waals surface area (Å²) in [6.07, 6.45) is 6.94. The SMILES string of the molecule is CC(=O)Oc1ccc2c(c1)CC[C@H]1[C@@H]2CC[C@@]2(C)[C@@H]1CCC21OCCO1. The lowest BCUT2D eigenvalue weighted by atomic mass is 9.55. The summed E-state index contributed by atoms with van der Waals surface area (Å²) in [5, 5.41) is 0. The van der Waals surface area contributed by atoms with E-state index in [1.807, 2.05) is 6.07 Å². The topological polar surface area (TPSA) is 44.8 Å². The quantitative estimate of drug-likeness (QED) is 0.558. The molecule has 0 bridgehead atoms. The molecule has 2 saturated carbocycles. The first-order valence-corrected chi connectivity index (χ1v) is 10.1. The molecule has 0 N–H and O–H groups in total. The van der Waals surface area contributed by atoms with Crippen molar-refractivity contribution in [1.29, 1.82) is 0 Å². The Labute approximate surface area is 155 Å². The van der Waals surface area contributed by atoms with Crippen molar-refractivity contribution >= 4 is 5.97 Å². The molecule has 0 amide bonds. The van der Waals surface area contributed by atoms with Crippen LogP contribution >= 0.6 is 0 Å². The van der Waals surface area contributed by atoms with Gasteiger partial charge < -0.3 is 14.2 Å². The molecule has 3 fully saturated rings. The lowest BCUT2D eigenvalue weighted by molar-refractivity contribution is -0.237. The van der Waals surface area contributed by atoms with E-state index in [-0.39, 0.29) is 17.2 Å². The summed E-state index contributed by atoms with van der Waals surface area (Å²) >= 11 is 0. The number of esters is 1. The molecule has 140 valence electrons. The maximum Gasteiger partial charge on any atom is 0.308 e. The Bertz CT molecular complexity index is 736. The standard InChI is InChI=1S/C22H28O4/c1-14(23)26-16-4-6-17-15(13-16)3-5-19-18(17)7-9-21(2)20(19)8-10-22(21)24-11-12-25-22/h4,6,13,18-20H,3,5,7-12H2,1-2H3/t18-,19+,20-,21+/m1/s1. The van der Waals surface area contributed by atoms with Crippen molar-refractivity contribution in [3.63, 3.8) is 0 Å². The highest BCUT2D eigenvalue weighted by Gasteiger charge is 2.64. The van der Waals surface area contributed by atoms with Gasteiger partial charge in [-0.3, -0.25) is 4.79 Å². The second-order valence-electron chi connectivity index (χ2n) is 8.81. The first-order valence-electron chi connectivity index (χ1n) is 10.1. The van der Waals surface area contributed by atoms with Gasteiger partial charge in [-0.2, -0.15) is 0 Å². The van der Waals surface area contributed by atoms with Crippen molar-refractivity contribution in [2.75, 3.05) is 13.2 Å². The third kappa shape index (κ3) is 2.24. The van der Waals surface area contributed by atoms with E-state index >= 15 is 0 Å². The van der Waals surface area contributed by atoms with Crippen molar-refractivity contribution in [3.8, 4) is 5.75 Å². The van der Waals surface area contributed by atoms with E-state index in [2.05, 4.69) is 19.1 Å². The predicted molar refractivity (Wildman–Crippen MR) is 97.0 cm³/mol. The van der Waals surface area contributed by atoms with Crippen LogP contribution in [0, 0.1) is 17.3 Å². The van der Waals surface area contributed by atoms with Gasteiger partial charge in [0.15, 0.2) is 5.79 Å². The lowest BCUT2D eigenvalue weighted by Crippen LogP contribution is -2.51. The third-order valence-electron chi connectivity index (χ3n) is 7.76. The van der Waals surface area contributed by atoms with E-state index < -0.39 is 0 Å². The number of hydrogen-bond donors (Lipinski definition) is 0. The summed E-state index contributed by atoms with van der Waals surface area (Å²) in [4.78, 5) is 11.2. The normalized spacial score (nSPS) is 37.1. The molecule has 1 aromatic carbocycles. The Morgan fingerprint density at radius 1 is 1.15 bits per heavy atom. The lowest BCUT2D eigenvalue weighted by Gasteiger charge is -2.52. The van der Waals surface area contributed by atoms with Gasteiger partial charge in [-0.25, -0.2) is 0 Å². The number of hydrogen-bond acceptors (Lipinski definition) is 4. The van der Waals surface area contributed by atoms with Crippen molar-refractivity contribution in [2.45, 2.75) is 64.1 Å². The molecule has 1 heterocycles. The maximum absolute atomic E-state index is 11.2. The molecular formula is C22H28O4. The number of carbonyl (C=O) groups excluding carboxylic acids is 1. The molecule has 0 unspecified atom stereocenters. The minimum atomic E-state index is -0.317. The van der Waals surface area contributed by atoms with Crippen LogP contribution in [0.1, 0.15) is 63.0 Å². The van der Waals surface area contributed by atoms with Crippen LogP contribution in [0.15, 0.2) is 18.2 Å². The first-order chi connectivity index (χ1) is 12.5. The highest BCUT2D eigenvalue weighted by Crippen LogP contribution is 2.66. The minimum Gasteiger partial charge on any atom is -0.427 e. The predicted octanol–water partition coefficient (Wildman–Crippen LogP) is 4.21. The fraction of sp³-hybridized carbons (Fsp3) is 0.682. The second kappa shape index (κ2) is 5.80. The van der Waals surface area contributed by atoms with Crippen LogP contribution in [0.5, 0.6) is 5.75 Å². The van der Waals surface area contributed by atoms with Gasteiger partial charge in [0, 0.05) is 18.8 Å². The number of fused-ring (bicyclic) bond motifs is 6. The molecule has 3 aliphatic carbocycles. The molecule has 0 radical (unpaired) electrons. The number of ether oxygens (including phenoxy) is 3. The van der Waals surface area contributed by atoms with Gasteiger partial charge in [-0.15, -0.1) is 0 Å². The number of rotatable bonds is 1. The zero-order chi connectivity index (χ0) is 17.9. The van der Waals surface area contributed by atoms with E-state index in [0.29, 0.717) is 23.5 Å². The zero-order valence-corrected chi connectivity index (χ0v) is 15.8. The fourth-order valence-corrected chi connectivity index (χ4v) is 6.67. The third-order valence-corrected chi connectivity index (χ3v) is 7.76. The van der Waals surface area contributed by atoms with Gasteiger partial charge in [0.1, 0.15) is 5.75 Å². The average molecular weight is 356 g/mol. The van der Waals surface area contributed by atoms with Gasteiger partial charge in [0.25, 0.3) is 0 Å². The number of aryl methyl sites for hydroxylation is 1. The van der Waals surface area contributed by atoms with Gasteiger partial charge in [-0.1, -0.05) is 13.0 Å². The Balaban J connectivity index is 1.44. The van der Waals surface area contributed by atoms with Crippen molar-refractivity contribution in [1.82, 2.24) is 0 Å². The molecule has 1 aromatic rings. The summed E-state index contributed by atoms with van der Waals surface area (Å²) in [7, 11) is 0. The summed E-state index contributed by atoms with van der Waals surface area (Å²) < 4.78 is 17.7. The highest BCUT2D eigenvalue weighted by atomic mass is 16.7. The Kier molecular flexibility index (Phi) is 3.74. The van der Waals surface area contributed by atoms with E-state index in [1.54, 1.807) is 0 Å². The smallest absolute Gasteiger partial charge is 0.308 e. The average Bonchev–Trinajstić information content (AvgIpc) is 3.21. The van der Waals surface area contributed by atoms with Crippen molar-refractivity contribution in [3.05, 3.63) is 29.3 Å². The van der Waals surface area contributed by atoms with E-state index in [4.69, 9.17) is 14.2 Å². The van der Waals surface area contributed by atoms with E-state index in [1.165, 1.54) is 43.7 Å². The van der Waals surface area contributed by atoms with Gasteiger partial charge in [0.2, 0.25) is 0 Å². The zero-order valence-electron chi connectivity index (χ0n) is 15.8. The molecule has 5 rings (SSSR count). The summed E-state index contributed by atoms with van der Waals surface area (Å²) in [5.41, 5.74) is 3.00. The summed E-state index contributed by atoms with van der Waals surface area (Å²) in [5.74, 6) is 2.14. The van der Waals surface area contributed by atoms with Crippen molar-refractivity contribution < 1.29 is 19.0 Å². The summed E-state index contributed by atoms with van der Waals surface area (Å²) in [6.45, 7) is 5.38. The fourth-order valence-electron chi connectivity index (χ4n) is 6.67. The number of carbonyl (C=O) groups is 1. The summed E-state index contributed by atoms with van der Waals surface area (Å²) in [6, 6.07) is 6.26. The van der Waals surface area contributed by atoms with Crippen LogP contribution in [0.25, 0.3) is 0 Å². The second-order valence-corrected chi connectivity index (χ2v) is 8.81. The molecule has 4 nitrogen and oxygen atoms in total. The van der Waals surface area contributed by atoms with Crippen molar-refractivity contribution in [2.24, 2.45) is 17.3 Å². The first kappa shape index (κ1) is 16.8. The molecule has 1 saturated heterocycles. The van der Waals surface area contributed by atoms with Crippen LogP contribution in [0.4, 0.5) is 0 Å². The van der Waals surface area contributed by atoms with Crippen LogP contribution in [0.3, 0.4) is 0 Å². The van der Waals surface area contributed by atoms with Crippen LogP contribution in [-0.2, 0) is 20.7 Å². The molecule has 1 spiro atoms. The molecule has 26 heavy (non-hydrogen) atoms. The number of benzene rings is 1. The molecule has 0 aromatic heterocycles. The van der Waals surface area contributed by atoms with Gasteiger partial charge in [0.05, 0.1) is 13.2 Å². The van der Waals surface area contributed by atoms with Gasteiger partial charge in [-0.05, 0) is 73.1 Å².